The van der Waals surface area contributed by atoms with Gasteiger partial charge in [0.15, 0.2) is 0 Å². The summed E-state index contributed by atoms with van der Waals surface area (Å²) in [6, 6.07) is 2.08. The van der Waals surface area contributed by atoms with Crippen molar-refractivity contribution in [1.29, 1.82) is 0 Å². The number of hydrogen-bond acceptors (Lipinski definition) is 4. The summed E-state index contributed by atoms with van der Waals surface area (Å²) in [4.78, 5) is 6.52. The van der Waals surface area contributed by atoms with Crippen LogP contribution in [0.5, 0.6) is 0 Å². The van der Waals surface area contributed by atoms with Gasteiger partial charge in [-0.15, -0.1) is 0 Å². The Hall–Kier alpha value is -1.13. The van der Waals surface area contributed by atoms with Crippen molar-refractivity contribution in [2.75, 3.05) is 31.7 Å². The molecule has 0 fully saturated rings. The lowest BCUT2D eigenvalue weighted by Crippen LogP contribution is -2.24. The van der Waals surface area contributed by atoms with Crippen molar-refractivity contribution in [2.24, 2.45) is 5.73 Å². The molecule has 1 aromatic rings. The molecular weight excluding hydrogens is 202 g/mol. The smallest absolute Gasteiger partial charge is 0.131 e. The van der Waals surface area contributed by atoms with Crippen molar-refractivity contribution in [3.8, 4) is 0 Å². The minimum absolute atomic E-state index is 0.538. The summed E-state index contributed by atoms with van der Waals surface area (Å²) in [6.45, 7) is 6.93. The van der Waals surface area contributed by atoms with Gasteiger partial charge in [0, 0.05) is 32.9 Å². The maximum absolute atomic E-state index is 5.57. The van der Waals surface area contributed by atoms with Crippen molar-refractivity contribution in [3.63, 3.8) is 0 Å². The van der Waals surface area contributed by atoms with E-state index in [-0.39, 0.29) is 0 Å². The molecule has 4 heteroatoms. The molecule has 2 N–H and O–H groups in total. The Morgan fingerprint density at radius 2 is 2.25 bits per heavy atom. The second-order valence-electron chi connectivity index (χ2n) is 3.81. The second kappa shape index (κ2) is 6.45. The summed E-state index contributed by atoms with van der Waals surface area (Å²) in [5, 5.41) is 0. The molecule has 0 saturated heterocycles. The molecule has 0 radical (unpaired) electrons. The minimum Gasteiger partial charge on any atom is -0.380 e. The van der Waals surface area contributed by atoms with Crippen LogP contribution < -0.4 is 10.6 Å². The van der Waals surface area contributed by atoms with Crippen LogP contribution >= 0.6 is 0 Å². The van der Waals surface area contributed by atoms with Crippen molar-refractivity contribution < 1.29 is 4.74 Å². The first kappa shape index (κ1) is 12.9. The predicted molar refractivity (Wildman–Crippen MR) is 66.6 cm³/mol. The Morgan fingerprint density at radius 1 is 1.50 bits per heavy atom. The first-order valence-corrected chi connectivity index (χ1v) is 5.63. The molecule has 0 unspecified atom stereocenters. The van der Waals surface area contributed by atoms with Crippen LogP contribution in [0.25, 0.3) is 0 Å². The van der Waals surface area contributed by atoms with Gasteiger partial charge >= 0.3 is 0 Å². The number of nitrogens with two attached hydrogens (primary N) is 1. The zero-order chi connectivity index (χ0) is 12.0. The Labute approximate surface area is 97.4 Å². The van der Waals surface area contributed by atoms with Crippen LogP contribution in [-0.2, 0) is 11.3 Å². The monoisotopic (exact) mass is 223 g/mol. The molecule has 4 nitrogen and oxygen atoms in total. The number of anilines is 1. The van der Waals surface area contributed by atoms with Crippen LogP contribution in [0.3, 0.4) is 0 Å². The fraction of sp³-hybridized carbons (Fsp3) is 0.583. The quantitative estimate of drug-likeness (QED) is 0.739. The van der Waals surface area contributed by atoms with Crippen molar-refractivity contribution >= 4 is 5.82 Å². The number of ether oxygens (including phenoxy) is 1. The third-order valence-electron chi connectivity index (χ3n) is 2.48. The molecule has 0 bridgehead atoms. The van der Waals surface area contributed by atoms with Gasteiger partial charge in [0.2, 0.25) is 0 Å². The lowest BCUT2D eigenvalue weighted by atomic mass is 10.2. The Balaban J connectivity index is 2.64. The lowest BCUT2D eigenvalue weighted by molar-refractivity contribution is 0.154. The number of nitrogens with zero attached hydrogens (tertiary/aromatic N) is 2. The van der Waals surface area contributed by atoms with Crippen LogP contribution in [0, 0.1) is 6.92 Å². The van der Waals surface area contributed by atoms with Crippen molar-refractivity contribution in [2.45, 2.75) is 20.4 Å². The minimum atomic E-state index is 0.538. The molecule has 0 aliphatic carbocycles. The van der Waals surface area contributed by atoms with Gasteiger partial charge in [0.25, 0.3) is 0 Å². The molecule has 0 aliphatic heterocycles. The van der Waals surface area contributed by atoms with Crippen molar-refractivity contribution in [1.82, 2.24) is 4.98 Å². The molecule has 0 aliphatic rings. The van der Waals surface area contributed by atoms with Gasteiger partial charge in [-0.25, -0.2) is 4.98 Å². The van der Waals surface area contributed by atoms with Gasteiger partial charge in [-0.05, 0) is 31.0 Å². The molecule has 0 saturated carbocycles. The van der Waals surface area contributed by atoms with Gasteiger partial charge in [0.05, 0.1) is 6.61 Å². The van der Waals surface area contributed by atoms with E-state index in [1.165, 1.54) is 0 Å². The third kappa shape index (κ3) is 3.47. The molecule has 1 aromatic heterocycles. The predicted octanol–water partition coefficient (Wildman–Crippen LogP) is 1.32. The average Bonchev–Trinajstić information content (AvgIpc) is 2.29. The van der Waals surface area contributed by atoms with E-state index in [0.717, 1.165) is 36.7 Å². The van der Waals surface area contributed by atoms with Crippen LogP contribution in [0.4, 0.5) is 5.82 Å². The summed E-state index contributed by atoms with van der Waals surface area (Å²) in [5.74, 6) is 0.997. The molecular formula is C12H21N3O. The molecule has 0 atom stereocenters. The van der Waals surface area contributed by atoms with E-state index in [9.17, 15) is 0 Å². The van der Waals surface area contributed by atoms with Gasteiger partial charge < -0.3 is 15.4 Å². The second-order valence-corrected chi connectivity index (χ2v) is 3.81. The maximum atomic E-state index is 5.57. The zero-order valence-corrected chi connectivity index (χ0v) is 10.4. The summed E-state index contributed by atoms with van der Waals surface area (Å²) < 4.78 is 5.32. The molecule has 90 valence electrons. The van der Waals surface area contributed by atoms with Gasteiger partial charge in [-0.1, -0.05) is 0 Å². The molecule has 0 aromatic carbocycles. The Bertz CT molecular complexity index is 328. The topological polar surface area (TPSA) is 51.4 Å². The number of aryl methyl sites for hydroxylation is 1. The van der Waals surface area contributed by atoms with Gasteiger partial charge in [-0.3, -0.25) is 0 Å². The molecule has 0 spiro atoms. The average molecular weight is 223 g/mol. The fourth-order valence-corrected chi connectivity index (χ4v) is 1.59. The molecule has 1 rings (SSSR count). The summed E-state index contributed by atoms with van der Waals surface area (Å²) >= 11 is 0. The highest BCUT2D eigenvalue weighted by atomic mass is 16.5. The van der Waals surface area contributed by atoms with E-state index in [2.05, 4.69) is 22.9 Å². The lowest BCUT2D eigenvalue weighted by Gasteiger charge is -2.20. The van der Waals surface area contributed by atoms with Gasteiger partial charge in [0.1, 0.15) is 5.82 Å². The van der Waals surface area contributed by atoms with E-state index in [4.69, 9.17) is 10.5 Å². The fourth-order valence-electron chi connectivity index (χ4n) is 1.59. The molecule has 0 amide bonds. The zero-order valence-electron chi connectivity index (χ0n) is 10.4. The summed E-state index contributed by atoms with van der Waals surface area (Å²) in [7, 11) is 2.02. The number of likely N-dealkylation sites (N-methyl/N-ethyl adjacent to an activating group) is 1. The third-order valence-corrected chi connectivity index (χ3v) is 2.48. The molecule has 1 heterocycles. The summed E-state index contributed by atoms with van der Waals surface area (Å²) in [6.07, 6.45) is 1.83. The van der Waals surface area contributed by atoms with E-state index >= 15 is 0 Å². The SMILES string of the molecule is CCOCCN(C)c1ncc(CN)cc1C. The highest BCUT2D eigenvalue weighted by molar-refractivity contribution is 5.46. The molecule has 16 heavy (non-hydrogen) atoms. The standard InChI is InChI=1S/C12H21N3O/c1-4-16-6-5-15(3)12-10(2)7-11(8-13)9-14-12/h7,9H,4-6,8,13H2,1-3H3. The highest BCUT2D eigenvalue weighted by Crippen LogP contribution is 2.16. The van der Waals surface area contributed by atoms with Crippen LogP contribution in [0.2, 0.25) is 0 Å². The van der Waals surface area contributed by atoms with Crippen LogP contribution in [-0.4, -0.2) is 31.8 Å². The van der Waals surface area contributed by atoms with E-state index in [1.807, 2.05) is 20.2 Å². The first-order valence-electron chi connectivity index (χ1n) is 5.63. The number of pyridine rings is 1. The highest BCUT2D eigenvalue weighted by Gasteiger charge is 2.06. The van der Waals surface area contributed by atoms with Crippen LogP contribution in [0.15, 0.2) is 12.3 Å². The number of aromatic nitrogens is 1. The van der Waals surface area contributed by atoms with E-state index < -0.39 is 0 Å². The normalized spacial score (nSPS) is 10.5. The number of rotatable bonds is 6. The van der Waals surface area contributed by atoms with Crippen LogP contribution in [0.1, 0.15) is 18.1 Å². The van der Waals surface area contributed by atoms with E-state index in [1.54, 1.807) is 0 Å². The van der Waals surface area contributed by atoms with E-state index in [0.29, 0.717) is 6.54 Å². The Morgan fingerprint density at radius 3 is 2.81 bits per heavy atom. The van der Waals surface area contributed by atoms with Gasteiger partial charge in [-0.2, -0.15) is 0 Å². The maximum Gasteiger partial charge on any atom is 0.131 e. The Kier molecular flexibility index (Phi) is 5.22. The number of hydrogen-bond donors (Lipinski definition) is 1. The summed E-state index contributed by atoms with van der Waals surface area (Å²) in [5.41, 5.74) is 7.79. The first-order chi connectivity index (χ1) is 7.69. The largest absolute Gasteiger partial charge is 0.380 e. The van der Waals surface area contributed by atoms with Crippen molar-refractivity contribution in [3.05, 3.63) is 23.4 Å².